The number of nitrogens with one attached hydrogen (secondary N) is 4. The highest BCUT2D eigenvalue weighted by Crippen LogP contribution is 2.09. The minimum Gasteiger partial charge on any atom is -0.368 e. The molecule has 6 N–H and O–H groups in total. The van der Waals surface area contributed by atoms with Gasteiger partial charge in [-0.05, 0) is 26.3 Å². The average Bonchev–Trinajstić information content (AvgIpc) is 2.54. The lowest BCUT2D eigenvalue weighted by Gasteiger charge is -2.20. The van der Waals surface area contributed by atoms with E-state index in [2.05, 4.69) is 17.6 Å². The van der Waals surface area contributed by atoms with Crippen LogP contribution in [0, 0.1) is 15.5 Å². The minimum atomic E-state index is -0.810. The molecule has 9 heteroatoms. The third-order valence-corrected chi connectivity index (χ3v) is 4.20. The third-order valence-electron chi connectivity index (χ3n) is 4.20. The summed E-state index contributed by atoms with van der Waals surface area (Å²) in [6, 6.07) is -0.821. The van der Waals surface area contributed by atoms with Crippen molar-refractivity contribution >= 4 is 11.9 Å². The molecule has 0 bridgehead atoms. The highest BCUT2D eigenvalue weighted by Gasteiger charge is 2.19. The zero-order chi connectivity index (χ0) is 19.8. The first-order chi connectivity index (χ1) is 12.4. The maximum Gasteiger partial charge on any atom is 0.251 e. The Morgan fingerprint density at radius 3 is 2.15 bits per heavy atom. The monoisotopic (exact) mass is 372 g/mol. The fourth-order valence-corrected chi connectivity index (χ4v) is 2.79. The van der Waals surface area contributed by atoms with Gasteiger partial charge in [0, 0.05) is 6.04 Å². The predicted octanol–water partition coefficient (Wildman–Crippen LogP) is 2.04. The molecule has 0 spiro atoms. The van der Waals surface area contributed by atoms with Gasteiger partial charge in [-0.2, -0.15) is 0 Å². The smallest absolute Gasteiger partial charge is 0.251 e. The summed E-state index contributed by atoms with van der Waals surface area (Å²) < 4.78 is 0. The van der Waals surface area contributed by atoms with Crippen LogP contribution in [0.5, 0.6) is 0 Å². The number of primary amides is 1. The van der Waals surface area contributed by atoms with Gasteiger partial charge in [-0.1, -0.05) is 63.7 Å². The average molecular weight is 373 g/mol. The molecule has 0 fully saturated rings. The molecule has 0 aromatic rings. The Hall–Kier alpha value is -1.90. The number of carbonyl (C=O) groups is 1. The summed E-state index contributed by atoms with van der Waals surface area (Å²) >= 11 is 0. The van der Waals surface area contributed by atoms with E-state index in [1.54, 1.807) is 12.3 Å². The highest BCUT2D eigenvalue weighted by molar-refractivity contribution is 5.80. The van der Waals surface area contributed by atoms with E-state index in [1.807, 2.05) is 0 Å². The molecule has 0 aromatic carbocycles. The van der Waals surface area contributed by atoms with Gasteiger partial charge in [-0.3, -0.25) is 10.2 Å². The number of hydrazine groups is 1. The van der Waals surface area contributed by atoms with Gasteiger partial charge in [0.25, 0.3) is 5.96 Å². The fraction of sp³-hybridized carbons (Fsp3) is 0.882. The Morgan fingerprint density at radius 1 is 1.12 bits per heavy atom. The van der Waals surface area contributed by atoms with Crippen LogP contribution in [0.1, 0.15) is 78.1 Å². The molecule has 0 saturated heterocycles. The van der Waals surface area contributed by atoms with Gasteiger partial charge in [0.05, 0.1) is 6.04 Å². The standard InChI is InChI=1S/C17H36N6O3/c1-3-4-5-6-7-8-9-10-11-12-20-15(16(18)24)13-14(2)21-17(19)22-23(25)26/h14-15,20H,3-13H2,1-2H3,(H2,18,24)(H3,19,21,22). The van der Waals surface area contributed by atoms with E-state index < -0.39 is 22.9 Å². The van der Waals surface area contributed by atoms with Crippen molar-refractivity contribution in [2.75, 3.05) is 6.54 Å². The number of nitrogens with zero attached hydrogens (tertiary/aromatic N) is 1. The Morgan fingerprint density at radius 2 is 1.65 bits per heavy atom. The van der Waals surface area contributed by atoms with Crippen molar-refractivity contribution in [3.05, 3.63) is 10.1 Å². The first-order valence-electron chi connectivity index (χ1n) is 9.65. The van der Waals surface area contributed by atoms with Crippen LogP contribution in [0.15, 0.2) is 0 Å². The van der Waals surface area contributed by atoms with Crippen LogP contribution in [0.4, 0.5) is 0 Å². The second kappa shape index (κ2) is 15.4. The van der Waals surface area contributed by atoms with E-state index in [1.165, 1.54) is 44.9 Å². The highest BCUT2D eigenvalue weighted by atomic mass is 16.7. The summed E-state index contributed by atoms with van der Waals surface area (Å²) in [5.41, 5.74) is 7.13. The molecule has 0 rings (SSSR count). The Bertz CT molecular complexity index is 419. The molecule has 0 aliphatic carbocycles. The van der Waals surface area contributed by atoms with Gasteiger partial charge in [-0.15, -0.1) is 0 Å². The summed E-state index contributed by atoms with van der Waals surface area (Å²) in [7, 11) is 0. The number of amides is 1. The molecule has 26 heavy (non-hydrogen) atoms. The Balaban J connectivity index is 3.84. The van der Waals surface area contributed by atoms with Crippen molar-refractivity contribution in [3.8, 4) is 0 Å². The van der Waals surface area contributed by atoms with Crippen molar-refractivity contribution in [1.29, 1.82) is 5.41 Å². The van der Waals surface area contributed by atoms with Crippen LogP contribution in [-0.2, 0) is 4.79 Å². The van der Waals surface area contributed by atoms with Crippen molar-refractivity contribution in [2.24, 2.45) is 5.73 Å². The molecule has 0 radical (unpaired) electrons. The lowest BCUT2D eigenvalue weighted by atomic mass is 10.1. The lowest BCUT2D eigenvalue weighted by Crippen LogP contribution is -2.49. The summed E-state index contributed by atoms with van der Waals surface area (Å²) in [6.45, 7) is 4.67. The normalized spacial score (nSPS) is 13.0. The largest absolute Gasteiger partial charge is 0.368 e. The van der Waals surface area contributed by atoms with E-state index in [9.17, 15) is 14.9 Å². The molecular weight excluding hydrogens is 336 g/mol. The van der Waals surface area contributed by atoms with Crippen LogP contribution in [-0.4, -0.2) is 35.5 Å². The Labute approximate surface area is 156 Å². The molecule has 0 heterocycles. The maximum atomic E-state index is 11.5. The lowest BCUT2D eigenvalue weighted by molar-refractivity contribution is -0.525. The first kappa shape index (κ1) is 24.1. The van der Waals surface area contributed by atoms with Gasteiger partial charge in [0.15, 0.2) is 5.03 Å². The molecule has 2 unspecified atom stereocenters. The number of nitrogens with two attached hydrogens (primary N) is 1. The molecule has 0 aliphatic rings. The molecular formula is C17H36N6O3. The SMILES string of the molecule is CCCCCCCCCCCNC(CC(C)NC(=N)N[N+](=O)[O-])C(N)=O. The van der Waals surface area contributed by atoms with Crippen LogP contribution in [0.3, 0.4) is 0 Å². The van der Waals surface area contributed by atoms with Gasteiger partial charge < -0.3 is 16.4 Å². The number of unbranched alkanes of at least 4 members (excludes halogenated alkanes) is 8. The maximum absolute atomic E-state index is 11.5. The molecule has 2 atom stereocenters. The number of rotatable bonds is 16. The predicted molar refractivity (Wildman–Crippen MR) is 103 cm³/mol. The second-order valence-corrected chi connectivity index (χ2v) is 6.76. The minimum absolute atomic E-state index is 0.303. The number of hydrogen-bond donors (Lipinski definition) is 5. The van der Waals surface area contributed by atoms with Gasteiger partial charge in [0.1, 0.15) is 0 Å². The number of nitro groups is 1. The van der Waals surface area contributed by atoms with Crippen LogP contribution < -0.4 is 21.8 Å². The van der Waals surface area contributed by atoms with Crippen molar-refractivity contribution in [2.45, 2.75) is 90.1 Å². The van der Waals surface area contributed by atoms with E-state index in [-0.39, 0.29) is 6.04 Å². The molecule has 0 aromatic heterocycles. The molecule has 152 valence electrons. The summed E-state index contributed by atoms with van der Waals surface area (Å²) in [5, 5.41) is 22.6. The summed E-state index contributed by atoms with van der Waals surface area (Å²) in [6.07, 6.45) is 11.5. The van der Waals surface area contributed by atoms with E-state index >= 15 is 0 Å². The van der Waals surface area contributed by atoms with Crippen molar-refractivity contribution < 1.29 is 9.83 Å². The zero-order valence-corrected chi connectivity index (χ0v) is 16.2. The fourth-order valence-electron chi connectivity index (χ4n) is 2.79. The summed E-state index contributed by atoms with van der Waals surface area (Å²) in [4.78, 5) is 21.8. The van der Waals surface area contributed by atoms with Gasteiger partial charge in [-0.25, -0.2) is 10.1 Å². The quantitative estimate of drug-likeness (QED) is 0.0921. The van der Waals surface area contributed by atoms with Gasteiger partial charge in [0.2, 0.25) is 5.91 Å². The van der Waals surface area contributed by atoms with Gasteiger partial charge >= 0.3 is 0 Å². The van der Waals surface area contributed by atoms with E-state index in [0.29, 0.717) is 13.0 Å². The van der Waals surface area contributed by atoms with E-state index in [4.69, 9.17) is 11.1 Å². The molecule has 9 nitrogen and oxygen atoms in total. The second-order valence-electron chi connectivity index (χ2n) is 6.76. The molecule has 0 aliphatic heterocycles. The molecule has 0 saturated carbocycles. The number of hydrogen-bond acceptors (Lipinski definition) is 5. The Kier molecular flexibility index (Phi) is 14.2. The zero-order valence-electron chi connectivity index (χ0n) is 16.2. The van der Waals surface area contributed by atoms with E-state index in [0.717, 1.165) is 12.8 Å². The third kappa shape index (κ3) is 14.4. The van der Waals surface area contributed by atoms with Crippen LogP contribution in [0.2, 0.25) is 0 Å². The summed E-state index contributed by atoms with van der Waals surface area (Å²) in [5.74, 6) is -0.868. The van der Waals surface area contributed by atoms with Crippen molar-refractivity contribution in [1.82, 2.24) is 16.1 Å². The van der Waals surface area contributed by atoms with Crippen molar-refractivity contribution in [3.63, 3.8) is 0 Å². The topological polar surface area (TPSA) is 146 Å². The molecule has 1 amide bonds. The number of guanidine groups is 1. The van der Waals surface area contributed by atoms with Crippen LogP contribution in [0.25, 0.3) is 0 Å². The number of carbonyl (C=O) groups excluding carboxylic acids is 1. The van der Waals surface area contributed by atoms with Crippen LogP contribution >= 0.6 is 0 Å². The first-order valence-corrected chi connectivity index (χ1v) is 9.65.